The van der Waals surface area contributed by atoms with Crippen molar-refractivity contribution in [1.82, 2.24) is 9.88 Å². The van der Waals surface area contributed by atoms with Crippen molar-refractivity contribution in [2.24, 2.45) is 0 Å². The summed E-state index contributed by atoms with van der Waals surface area (Å²) in [7, 11) is 0. The van der Waals surface area contributed by atoms with Crippen LogP contribution in [0.4, 0.5) is 0 Å². The summed E-state index contributed by atoms with van der Waals surface area (Å²) in [5.74, 6) is 0.139. The topological polar surface area (TPSA) is 36.1 Å². The Hall–Kier alpha value is -2.29. The standard InChI is InChI=1S/C14H10N2O/c17-13-6-5-12-14-10(7-8-16(12)13)9-3-1-2-4-11(9)15-14/h1-5,7-8,15H,6H2. The third-order valence-electron chi connectivity index (χ3n) is 3.39. The first-order valence-electron chi connectivity index (χ1n) is 5.66. The highest BCUT2D eigenvalue weighted by Gasteiger charge is 2.28. The van der Waals surface area contributed by atoms with Gasteiger partial charge in [0.15, 0.2) is 0 Å². The van der Waals surface area contributed by atoms with Crippen molar-refractivity contribution >= 4 is 28.6 Å². The second-order valence-corrected chi connectivity index (χ2v) is 4.33. The number of H-pyrrole nitrogens is 1. The highest BCUT2D eigenvalue weighted by Crippen LogP contribution is 2.37. The van der Waals surface area contributed by atoms with Gasteiger partial charge in [-0.2, -0.15) is 0 Å². The van der Waals surface area contributed by atoms with Crippen LogP contribution < -0.4 is 0 Å². The van der Waals surface area contributed by atoms with Crippen LogP contribution in [0.1, 0.15) is 17.7 Å². The number of nitrogens with zero attached hydrogens (tertiary/aromatic N) is 1. The summed E-state index contributed by atoms with van der Waals surface area (Å²) in [6.45, 7) is 0. The third kappa shape index (κ3) is 1.03. The van der Waals surface area contributed by atoms with E-state index in [1.54, 1.807) is 4.90 Å². The molecular formula is C14H10N2O. The van der Waals surface area contributed by atoms with E-state index in [0.29, 0.717) is 6.42 Å². The molecule has 1 N–H and O–H groups in total. The summed E-state index contributed by atoms with van der Waals surface area (Å²) in [6, 6.07) is 8.20. The number of benzene rings is 1. The molecule has 0 atom stereocenters. The fraction of sp³-hybridized carbons (Fsp3) is 0.0714. The van der Waals surface area contributed by atoms with Crippen LogP contribution in [0, 0.1) is 0 Å². The maximum atomic E-state index is 11.6. The normalized spacial score (nSPS) is 17.3. The van der Waals surface area contributed by atoms with Crippen molar-refractivity contribution in [2.75, 3.05) is 0 Å². The van der Waals surface area contributed by atoms with Gasteiger partial charge in [0.25, 0.3) is 0 Å². The maximum Gasteiger partial charge on any atom is 0.234 e. The molecule has 4 rings (SSSR count). The van der Waals surface area contributed by atoms with Crippen LogP contribution in [-0.4, -0.2) is 15.8 Å². The molecule has 82 valence electrons. The average Bonchev–Trinajstić information content (AvgIpc) is 2.90. The van der Waals surface area contributed by atoms with Gasteiger partial charge in [0.2, 0.25) is 5.91 Å². The molecule has 0 radical (unpaired) electrons. The molecule has 0 saturated carbocycles. The van der Waals surface area contributed by atoms with Crippen LogP contribution in [0.2, 0.25) is 0 Å². The molecule has 3 nitrogen and oxygen atoms in total. The first kappa shape index (κ1) is 8.82. The molecule has 0 bridgehead atoms. The van der Waals surface area contributed by atoms with Crippen LogP contribution in [-0.2, 0) is 4.79 Å². The van der Waals surface area contributed by atoms with Crippen LogP contribution in [0.25, 0.3) is 22.7 Å². The number of hydrogen-bond acceptors (Lipinski definition) is 1. The number of aromatic nitrogens is 1. The number of para-hydroxylation sites is 1. The number of aromatic amines is 1. The lowest BCUT2D eigenvalue weighted by atomic mass is 10.1. The van der Waals surface area contributed by atoms with Crippen LogP contribution in [0.5, 0.6) is 0 Å². The fourth-order valence-electron chi connectivity index (χ4n) is 2.59. The van der Waals surface area contributed by atoms with Gasteiger partial charge in [-0.1, -0.05) is 18.2 Å². The molecule has 0 unspecified atom stereocenters. The zero-order valence-electron chi connectivity index (χ0n) is 9.10. The Labute approximate surface area is 98.0 Å². The molecule has 2 aromatic rings. The van der Waals surface area contributed by atoms with E-state index in [-0.39, 0.29) is 5.91 Å². The van der Waals surface area contributed by atoms with E-state index in [4.69, 9.17) is 0 Å². The van der Waals surface area contributed by atoms with E-state index in [2.05, 4.69) is 17.1 Å². The quantitative estimate of drug-likeness (QED) is 0.731. The number of nitrogens with one attached hydrogen (secondary N) is 1. The Morgan fingerprint density at radius 2 is 2.12 bits per heavy atom. The first-order chi connectivity index (χ1) is 8.34. The summed E-state index contributed by atoms with van der Waals surface area (Å²) in [5.41, 5.74) is 4.34. The number of amides is 1. The molecule has 2 aliphatic rings. The first-order valence-corrected chi connectivity index (χ1v) is 5.66. The van der Waals surface area contributed by atoms with Gasteiger partial charge in [-0.05, 0) is 18.2 Å². The van der Waals surface area contributed by atoms with E-state index >= 15 is 0 Å². The Morgan fingerprint density at radius 1 is 1.24 bits per heavy atom. The predicted molar refractivity (Wildman–Crippen MR) is 66.8 cm³/mol. The fourth-order valence-corrected chi connectivity index (χ4v) is 2.59. The van der Waals surface area contributed by atoms with Crippen LogP contribution in [0.15, 0.2) is 36.5 Å². The van der Waals surface area contributed by atoms with Crippen molar-refractivity contribution in [2.45, 2.75) is 6.42 Å². The van der Waals surface area contributed by atoms with E-state index in [1.807, 2.05) is 30.5 Å². The van der Waals surface area contributed by atoms with Gasteiger partial charge >= 0.3 is 0 Å². The Morgan fingerprint density at radius 3 is 3.06 bits per heavy atom. The highest BCUT2D eigenvalue weighted by molar-refractivity contribution is 6.03. The predicted octanol–water partition coefficient (Wildman–Crippen LogP) is 2.73. The van der Waals surface area contributed by atoms with Gasteiger partial charge in [-0.15, -0.1) is 0 Å². The minimum atomic E-state index is 0.139. The summed E-state index contributed by atoms with van der Waals surface area (Å²) in [6.07, 6.45) is 6.35. The molecule has 3 heteroatoms. The molecule has 0 aliphatic carbocycles. The minimum absolute atomic E-state index is 0.139. The van der Waals surface area contributed by atoms with E-state index in [0.717, 1.165) is 16.9 Å². The number of hydrogen-bond donors (Lipinski definition) is 1. The number of rotatable bonds is 0. The second kappa shape index (κ2) is 2.88. The van der Waals surface area contributed by atoms with Gasteiger partial charge in [0.05, 0.1) is 11.4 Å². The Kier molecular flexibility index (Phi) is 1.50. The molecule has 0 fully saturated rings. The molecule has 1 amide bonds. The lowest BCUT2D eigenvalue weighted by Crippen LogP contribution is -2.20. The zero-order valence-corrected chi connectivity index (χ0v) is 9.10. The molecule has 17 heavy (non-hydrogen) atoms. The lowest BCUT2D eigenvalue weighted by molar-refractivity contribution is -0.124. The van der Waals surface area contributed by atoms with Crippen molar-refractivity contribution in [3.8, 4) is 0 Å². The number of carbonyl (C=O) groups is 1. The smallest absolute Gasteiger partial charge is 0.234 e. The number of fused-ring (bicyclic) bond motifs is 5. The van der Waals surface area contributed by atoms with Crippen molar-refractivity contribution in [1.29, 1.82) is 0 Å². The minimum Gasteiger partial charge on any atom is -0.353 e. The van der Waals surface area contributed by atoms with Gasteiger partial charge in [-0.3, -0.25) is 9.69 Å². The average molecular weight is 222 g/mol. The lowest BCUT2D eigenvalue weighted by Gasteiger charge is -2.19. The van der Waals surface area contributed by atoms with E-state index in [1.165, 1.54) is 10.9 Å². The highest BCUT2D eigenvalue weighted by atomic mass is 16.2. The monoisotopic (exact) mass is 222 g/mol. The van der Waals surface area contributed by atoms with Crippen LogP contribution in [0.3, 0.4) is 0 Å². The Balaban J connectivity index is 2.06. The molecular weight excluding hydrogens is 212 g/mol. The molecule has 1 aromatic carbocycles. The summed E-state index contributed by atoms with van der Waals surface area (Å²) >= 11 is 0. The second-order valence-electron chi connectivity index (χ2n) is 4.33. The molecule has 2 aliphatic heterocycles. The summed E-state index contributed by atoms with van der Waals surface area (Å²) in [4.78, 5) is 16.8. The van der Waals surface area contributed by atoms with Gasteiger partial charge < -0.3 is 4.98 Å². The largest absolute Gasteiger partial charge is 0.353 e. The molecule has 1 aromatic heterocycles. The third-order valence-corrected chi connectivity index (χ3v) is 3.39. The summed E-state index contributed by atoms with van der Waals surface area (Å²) < 4.78 is 0. The molecule has 3 heterocycles. The maximum absolute atomic E-state index is 11.6. The Bertz CT molecular complexity index is 706. The molecule has 0 spiro atoms. The van der Waals surface area contributed by atoms with E-state index < -0.39 is 0 Å². The van der Waals surface area contributed by atoms with Crippen molar-refractivity contribution in [3.05, 3.63) is 47.8 Å². The zero-order chi connectivity index (χ0) is 11.4. The van der Waals surface area contributed by atoms with Gasteiger partial charge in [0.1, 0.15) is 0 Å². The van der Waals surface area contributed by atoms with Crippen molar-refractivity contribution < 1.29 is 4.79 Å². The SMILES string of the molecule is O=C1CC=C2c3[nH]c4ccccc4c3C=CN12. The van der Waals surface area contributed by atoms with Gasteiger partial charge in [0, 0.05) is 29.1 Å². The van der Waals surface area contributed by atoms with Gasteiger partial charge in [-0.25, -0.2) is 0 Å². The summed E-state index contributed by atoms with van der Waals surface area (Å²) in [5, 5.41) is 1.21. The molecule has 0 saturated heterocycles. The van der Waals surface area contributed by atoms with Crippen molar-refractivity contribution in [3.63, 3.8) is 0 Å². The van der Waals surface area contributed by atoms with E-state index in [9.17, 15) is 4.79 Å². The van der Waals surface area contributed by atoms with Crippen LogP contribution >= 0.6 is 0 Å². The number of carbonyl (C=O) groups excluding carboxylic acids is 1.